The number of carboxylic acid groups (broad SMARTS) is 1. The summed E-state index contributed by atoms with van der Waals surface area (Å²) in [6.07, 6.45) is 0.778. The van der Waals surface area contributed by atoms with Gasteiger partial charge in [-0.2, -0.15) is 0 Å². The van der Waals surface area contributed by atoms with Crippen LogP contribution in [0.25, 0.3) is 0 Å². The third-order valence-electron chi connectivity index (χ3n) is 5.06. The fraction of sp³-hybridized carbons (Fsp3) is 0.350. The van der Waals surface area contributed by atoms with E-state index < -0.39 is 11.5 Å². The molecule has 3 rings (SSSR count). The van der Waals surface area contributed by atoms with Crippen LogP contribution in [0.4, 0.5) is 0 Å². The molecule has 4 nitrogen and oxygen atoms in total. The Morgan fingerprint density at radius 1 is 1.24 bits per heavy atom. The third-order valence-corrected chi connectivity index (χ3v) is 5.31. The normalized spacial score (nSPS) is 20.8. The van der Waals surface area contributed by atoms with E-state index >= 15 is 0 Å². The molecule has 0 radical (unpaired) electrons. The summed E-state index contributed by atoms with van der Waals surface area (Å²) in [5, 5.41) is 14.2. The number of nitrogens with one attached hydrogen (secondary N) is 1. The van der Waals surface area contributed by atoms with Gasteiger partial charge in [0.2, 0.25) is 0 Å². The number of rotatable bonds is 5. The average molecular weight is 359 g/mol. The Kier molecular flexibility index (Phi) is 5.42. The van der Waals surface area contributed by atoms with Gasteiger partial charge in [0, 0.05) is 30.7 Å². The van der Waals surface area contributed by atoms with Crippen LogP contribution in [0.1, 0.15) is 18.1 Å². The molecule has 1 heterocycles. The monoisotopic (exact) mass is 358 g/mol. The topological polar surface area (TPSA) is 52.6 Å². The van der Waals surface area contributed by atoms with Crippen molar-refractivity contribution in [2.24, 2.45) is 0 Å². The summed E-state index contributed by atoms with van der Waals surface area (Å²) < 4.78 is 0. The number of aliphatic carboxylic acids is 1. The number of nitrogens with zero attached hydrogens (tertiary/aromatic N) is 1. The minimum absolute atomic E-state index is 0.0937. The van der Waals surface area contributed by atoms with Crippen molar-refractivity contribution in [1.82, 2.24) is 10.2 Å². The molecule has 25 heavy (non-hydrogen) atoms. The summed E-state index contributed by atoms with van der Waals surface area (Å²) in [5.74, 6) is -0.818. The van der Waals surface area contributed by atoms with Gasteiger partial charge in [0.05, 0.1) is 0 Å². The molecule has 1 aliphatic rings. The molecule has 2 N–H and O–H groups in total. The fourth-order valence-corrected chi connectivity index (χ4v) is 3.73. The molecule has 0 aromatic heterocycles. The number of benzene rings is 2. The second-order valence-electron chi connectivity index (χ2n) is 6.63. The molecular formula is C20H23ClN2O2. The quantitative estimate of drug-likeness (QED) is 0.862. The first-order valence-electron chi connectivity index (χ1n) is 8.52. The molecule has 0 saturated carbocycles. The van der Waals surface area contributed by atoms with Gasteiger partial charge >= 0.3 is 5.97 Å². The Labute approximate surface area is 153 Å². The Morgan fingerprint density at radius 3 is 2.56 bits per heavy atom. The maximum atomic E-state index is 12.3. The summed E-state index contributed by atoms with van der Waals surface area (Å²) in [7, 11) is 0. The summed E-state index contributed by atoms with van der Waals surface area (Å²) in [5.41, 5.74) is 0.912. The minimum atomic E-state index is -1.06. The molecule has 1 saturated heterocycles. The first kappa shape index (κ1) is 17.9. The largest absolute Gasteiger partial charge is 0.480 e. The van der Waals surface area contributed by atoms with Crippen LogP contribution in [-0.4, -0.2) is 41.7 Å². The standard InChI is InChI=1S/C20H23ClN2O2/c1-20(19(24)25,16-5-3-2-4-6-16)23-12-11-22-14-18(23)13-15-7-9-17(21)10-8-15/h2-10,18,22H,11-14H2,1H3,(H,24,25). The van der Waals surface area contributed by atoms with E-state index in [-0.39, 0.29) is 6.04 Å². The van der Waals surface area contributed by atoms with Crippen molar-refractivity contribution in [3.8, 4) is 0 Å². The van der Waals surface area contributed by atoms with Gasteiger partial charge in [-0.15, -0.1) is 0 Å². The zero-order valence-electron chi connectivity index (χ0n) is 14.3. The van der Waals surface area contributed by atoms with Gasteiger partial charge in [0.15, 0.2) is 0 Å². The van der Waals surface area contributed by atoms with Crippen LogP contribution >= 0.6 is 11.6 Å². The van der Waals surface area contributed by atoms with E-state index in [0.29, 0.717) is 11.6 Å². The molecule has 2 unspecified atom stereocenters. The number of carboxylic acids is 1. The van der Waals surface area contributed by atoms with E-state index in [1.165, 1.54) is 0 Å². The number of piperazine rings is 1. The van der Waals surface area contributed by atoms with Gasteiger partial charge in [-0.1, -0.05) is 54.1 Å². The lowest BCUT2D eigenvalue weighted by molar-refractivity contribution is -0.154. The van der Waals surface area contributed by atoms with Gasteiger partial charge in [-0.05, 0) is 36.6 Å². The van der Waals surface area contributed by atoms with E-state index in [1.54, 1.807) is 0 Å². The lowest BCUT2D eigenvalue weighted by Gasteiger charge is -2.46. The lowest BCUT2D eigenvalue weighted by atomic mass is 9.86. The zero-order valence-corrected chi connectivity index (χ0v) is 15.0. The number of halogens is 1. The molecule has 0 spiro atoms. The van der Waals surface area contributed by atoms with Gasteiger partial charge < -0.3 is 10.4 Å². The molecule has 2 atom stereocenters. The predicted molar refractivity (Wildman–Crippen MR) is 99.9 cm³/mol. The highest BCUT2D eigenvalue weighted by Gasteiger charge is 2.45. The highest BCUT2D eigenvalue weighted by Crippen LogP contribution is 2.32. The first-order valence-corrected chi connectivity index (χ1v) is 8.90. The van der Waals surface area contributed by atoms with Crippen LogP contribution in [0.2, 0.25) is 5.02 Å². The summed E-state index contributed by atoms with van der Waals surface area (Å²) >= 11 is 5.98. The Hall–Kier alpha value is -1.88. The molecule has 2 aromatic carbocycles. The Morgan fingerprint density at radius 2 is 1.92 bits per heavy atom. The lowest BCUT2D eigenvalue weighted by Crippen LogP contribution is -2.62. The zero-order chi connectivity index (χ0) is 17.9. The maximum absolute atomic E-state index is 12.3. The van der Waals surface area contributed by atoms with Gasteiger partial charge in [0.25, 0.3) is 0 Å². The van der Waals surface area contributed by atoms with Crippen molar-refractivity contribution in [2.45, 2.75) is 24.9 Å². The van der Waals surface area contributed by atoms with Crippen molar-refractivity contribution in [3.05, 3.63) is 70.7 Å². The molecule has 2 aromatic rings. The number of carbonyl (C=O) groups is 1. The number of hydrogen-bond acceptors (Lipinski definition) is 3. The molecule has 0 amide bonds. The molecular weight excluding hydrogens is 336 g/mol. The van der Waals surface area contributed by atoms with Crippen LogP contribution in [0.5, 0.6) is 0 Å². The third kappa shape index (κ3) is 3.71. The van der Waals surface area contributed by atoms with E-state index in [1.807, 2.05) is 61.5 Å². The van der Waals surface area contributed by atoms with Crippen molar-refractivity contribution in [3.63, 3.8) is 0 Å². The molecule has 0 aliphatic carbocycles. The minimum Gasteiger partial charge on any atom is -0.480 e. The summed E-state index contributed by atoms with van der Waals surface area (Å²) in [6, 6.07) is 17.4. The fourth-order valence-electron chi connectivity index (χ4n) is 3.60. The maximum Gasteiger partial charge on any atom is 0.328 e. The van der Waals surface area contributed by atoms with Gasteiger partial charge in [-0.3, -0.25) is 4.90 Å². The molecule has 1 fully saturated rings. The van der Waals surface area contributed by atoms with Crippen LogP contribution in [0, 0.1) is 0 Å². The summed E-state index contributed by atoms with van der Waals surface area (Å²) in [6.45, 7) is 4.05. The van der Waals surface area contributed by atoms with Crippen LogP contribution in [0.15, 0.2) is 54.6 Å². The molecule has 5 heteroatoms. The van der Waals surface area contributed by atoms with Crippen LogP contribution < -0.4 is 5.32 Å². The van der Waals surface area contributed by atoms with Crippen molar-refractivity contribution >= 4 is 17.6 Å². The second-order valence-corrected chi connectivity index (χ2v) is 7.06. The predicted octanol–water partition coefficient (Wildman–Crippen LogP) is 3.16. The van der Waals surface area contributed by atoms with Crippen molar-refractivity contribution in [1.29, 1.82) is 0 Å². The molecule has 132 valence electrons. The first-order chi connectivity index (χ1) is 12.0. The number of hydrogen-bond donors (Lipinski definition) is 2. The van der Waals surface area contributed by atoms with E-state index in [2.05, 4.69) is 10.2 Å². The summed E-state index contributed by atoms with van der Waals surface area (Å²) in [4.78, 5) is 14.4. The molecule has 1 aliphatic heterocycles. The van der Waals surface area contributed by atoms with Gasteiger partial charge in [-0.25, -0.2) is 4.79 Å². The smallest absolute Gasteiger partial charge is 0.328 e. The van der Waals surface area contributed by atoms with Crippen molar-refractivity contribution < 1.29 is 9.90 Å². The van der Waals surface area contributed by atoms with E-state index in [4.69, 9.17) is 11.6 Å². The second kappa shape index (κ2) is 7.56. The van der Waals surface area contributed by atoms with E-state index in [9.17, 15) is 9.90 Å². The highest BCUT2D eigenvalue weighted by atomic mass is 35.5. The van der Waals surface area contributed by atoms with Crippen molar-refractivity contribution in [2.75, 3.05) is 19.6 Å². The Balaban J connectivity index is 1.92. The van der Waals surface area contributed by atoms with E-state index in [0.717, 1.165) is 30.6 Å². The Bertz CT molecular complexity index is 720. The van der Waals surface area contributed by atoms with Crippen LogP contribution in [0.3, 0.4) is 0 Å². The average Bonchev–Trinajstić information content (AvgIpc) is 2.64. The highest BCUT2D eigenvalue weighted by molar-refractivity contribution is 6.30. The van der Waals surface area contributed by atoms with Crippen LogP contribution in [-0.2, 0) is 16.8 Å². The molecule has 0 bridgehead atoms. The SMILES string of the molecule is CC(C(=O)O)(c1ccccc1)N1CCNCC1Cc1ccc(Cl)cc1. The van der Waals surface area contributed by atoms with Gasteiger partial charge in [0.1, 0.15) is 5.54 Å².